The maximum absolute atomic E-state index is 13.2. The predicted octanol–water partition coefficient (Wildman–Crippen LogP) is 5.04. The van der Waals surface area contributed by atoms with E-state index in [1.54, 1.807) is 30.3 Å². The van der Waals surface area contributed by atoms with Crippen LogP contribution in [-0.4, -0.2) is 30.4 Å². The molecular formula is C25H26ClN3O3. The molecule has 2 aromatic carbocycles. The van der Waals surface area contributed by atoms with Crippen molar-refractivity contribution in [3.63, 3.8) is 0 Å². The lowest BCUT2D eigenvalue weighted by Crippen LogP contribution is -2.54. The van der Waals surface area contributed by atoms with E-state index in [2.05, 4.69) is 50.2 Å². The highest BCUT2D eigenvalue weighted by Gasteiger charge is 2.38. The van der Waals surface area contributed by atoms with Crippen LogP contribution in [0.3, 0.4) is 0 Å². The molecule has 32 heavy (non-hydrogen) atoms. The molecule has 2 aromatic rings. The first-order valence-corrected chi connectivity index (χ1v) is 10.9. The molecule has 0 bridgehead atoms. The van der Waals surface area contributed by atoms with Crippen molar-refractivity contribution in [2.45, 2.75) is 45.6 Å². The topological polar surface area (TPSA) is 69.7 Å². The molecule has 2 heterocycles. The van der Waals surface area contributed by atoms with E-state index in [0.29, 0.717) is 16.6 Å². The van der Waals surface area contributed by atoms with Crippen LogP contribution in [0.1, 0.15) is 49.8 Å². The molecule has 1 fully saturated rings. The molecule has 2 aliphatic rings. The third-order valence-corrected chi connectivity index (χ3v) is 6.76. The molecule has 4 rings (SSSR count). The predicted molar refractivity (Wildman–Crippen MR) is 127 cm³/mol. The molecule has 4 amide bonds. The van der Waals surface area contributed by atoms with Crippen LogP contribution in [0.4, 0.5) is 16.2 Å². The average molecular weight is 452 g/mol. The van der Waals surface area contributed by atoms with E-state index >= 15 is 0 Å². The maximum Gasteiger partial charge on any atom is 0.335 e. The van der Waals surface area contributed by atoms with Crippen molar-refractivity contribution in [2.24, 2.45) is 0 Å². The van der Waals surface area contributed by atoms with E-state index < -0.39 is 17.8 Å². The highest BCUT2D eigenvalue weighted by molar-refractivity contribution is 6.39. The van der Waals surface area contributed by atoms with Gasteiger partial charge in [0, 0.05) is 23.3 Å². The van der Waals surface area contributed by atoms with Gasteiger partial charge >= 0.3 is 6.03 Å². The summed E-state index contributed by atoms with van der Waals surface area (Å²) in [6, 6.07) is 9.69. The van der Waals surface area contributed by atoms with Crippen molar-refractivity contribution in [1.82, 2.24) is 5.32 Å². The lowest BCUT2D eigenvalue weighted by Gasteiger charge is -2.45. The van der Waals surface area contributed by atoms with Crippen LogP contribution in [-0.2, 0) is 9.59 Å². The summed E-state index contributed by atoms with van der Waals surface area (Å²) >= 11 is 5.92. The summed E-state index contributed by atoms with van der Waals surface area (Å²) in [5, 5.41) is 2.75. The van der Waals surface area contributed by atoms with E-state index in [0.717, 1.165) is 28.1 Å². The van der Waals surface area contributed by atoms with Gasteiger partial charge in [0.15, 0.2) is 0 Å². The number of halogens is 1. The Morgan fingerprint density at radius 3 is 2.44 bits per heavy atom. The van der Waals surface area contributed by atoms with Crippen molar-refractivity contribution < 1.29 is 14.4 Å². The molecule has 0 saturated carbocycles. The van der Waals surface area contributed by atoms with Crippen molar-refractivity contribution in [2.75, 3.05) is 16.8 Å². The number of rotatable bonds is 2. The fourth-order valence-electron chi connectivity index (χ4n) is 4.53. The number of fused-ring (bicyclic) bond motifs is 1. The Labute approximate surface area is 192 Å². The Morgan fingerprint density at radius 2 is 1.78 bits per heavy atom. The van der Waals surface area contributed by atoms with Gasteiger partial charge in [-0.15, -0.1) is 0 Å². The summed E-state index contributed by atoms with van der Waals surface area (Å²) in [5.74, 6) is -1.03. The number of urea groups is 1. The molecule has 1 unspecified atom stereocenters. The van der Waals surface area contributed by atoms with Crippen LogP contribution in [0.25, 0.3) is 6.08 Å². The Bertz CT molecular complexity index is 1170. The number of anilines is 2. The maximum atomic E-state index is 13.2. The quantitative estimate of drug-likeness (QED) is 0.513. The van der Waals surface area contributed by atoms with Gasteiger partial charge < -0.3 is 4.90 Å². The molecule has 6 nitrogen and oxygen atoms in total. The van der Waals surface area contributed by atoms with E-state index in [4.69, 9.17) is 11.6 Å². The first-order chi connectivity index (χ1) is 15.0. The van der Waals surface area contributed by atoms with Gasteiger partial charge in [-0.2, -0.15) is 0 Å². The highest BCUT2D eigenvalue weighted by Crippen LogP contribution is 2.43. The smallest absolute Gasteiger partial charge is 0.335 e. The molecule has 166 valence electrons. The van der Waals surface area contributed by atoms with E-state index in [-0.39, 0.29) is 11.1 Å². The second-order valence-corrected chi connectivity index (χ2v) is 9.61. The van der Waals surface area contributed by atoms with Gasteiger partial charge in [0.25, 0.3) is 11.8 Å². The standard InChI is InChI=1S/C25H26ClN3O3/c1-14-10-21-19(15(2)13-25(3,4)28(21)5)11-16(14)12-20-22(30)27-24(32)29(23(20)31)18-8-6-17(26)7-9-18/h6-12,15H,13H2,1-5H3,(H,27,30,32)/b20-12+. The fourth-order valence-corrected chi connectivity index (χ4v) is 4.65. The molecule has 1 atom stereocenters. The molecule has 0 spiro atoms. The summed E-state index contributed by atoms with van der Waals surface area (Å²) in [6.07, 6.45) is 2.57. The Morgan fingerprint density at radius 1 is 1.12 bits per heavy atom. The van der Waals surface area contributed by atoms with Gasteiger partial charge in [-0.3, -0.25) is 14.9 Å². The fraction of sp³-hybridized carbons (Fsp3) is 0.320. The minimum atomic E-state index is -0.779. The Hall–Kier alpha value is -3.12. The normalized spacial score (nSPS) is 21.6. The van der Waals surface area contributed by atoms with Crippen LogP contribution in [0.15, 0.2) is 42.0 Å². The molecule has 7 heteroatoms. The number of benzene rings is 2. The molecule has 1 saturated heterocycles. The SMILES string of the molecule is Cc1cc2c(cc1/C=C1\C(=O)NC(=O)N(c3ccc(Cl)cc3)C1=O)C(C)CC(C)(C)N2C. The number of nitrogens with one attached hydrogen (secondary N) is 1. The number of carbonyl (C=O) groups excluding carboxylic acids is 3. The first-order valence-electron chi connectivity index (χ1n) is 10.5. The highest BCUT2D eigenvalue weighted by atomic mass is 35.5. The van der Waals surface area contributed by atoms with E-state index in [1.807, 2.05) is 6.92 Å². The number of aryl methyl sites for hydroxylation is 1. The molecule has 0 aliphatic carbocycles. The number of hydrogen-bond donors (Lipinski definition) is 1. The Kier molecular flexibility index (Phi) is 5.37. The van der Waals surface area contributed by atoms with E-state index in [9.17, 15) is 14.4 Å². The minimum Gasteiger partial charge on any atom is -0.369 e. The van der Waals surface area contributed by atoms with Crippen LogP contribution in [0.5, 0.6) is 0 Å². The minimum absolute atomic E-state index is 0.0392. The average Bonchev–Trinajstić information content (AvgIpc) is 2.71. The number of amides is 4. The second kappa shape index (κ2) is 7.78. The van der Waals surface area contributed by atoms with E-state index in [1.165, 1.54) is 5.56 Å². The first kappa shape index (κ1) is 22.1. The monoisotopic (exact) mass is 451 g/mol. The number of barbiturate groups is 1. The molecule has 2 aliphatic heterocycles. The second-order valence-electron chi connectivity index (χ2n) is 9.18. The Balaban J connectivity index is 1.77. The lowest BCUT2D eigenvalue weighted by atomic mass is 9.79. The van der Waals surface area contributed by atoms with Crippen molar-refractivity contribution >= 4 is 46.9 Å². The molecule has 1 N–H and O–H groups in total. The van der Waals surface area contributed by atoms with Crippen LogP contribution in [0.2, 0.25) is 5.02 Å². The third-order valence-electron chi connectivity index (χ3n) is 6.51. The summed E-state index contributed by atoms with van der Waals surface area (Å²) in [7, 11) is 2.09. The largest absolute Gasteiger partial charge is 0.369 e. The summed E-state index contributed by atoms with van der Waals surface area (Å²) in [4.78, 5) is 41.4. The number of imide groups is 2. The number of hydrogen-bond acceptors (Lipinski definition) is 4. The van der Waals surface area contributed by atoms with Gasteiger partial charge in [0.05, 0.1) is 5.69 Å². The molecular weight excluding hydrogens is 426 g/mol. The van der Waals surface area contributed by atoms with Crippen molar-refractivity contribution in [1.29, 1.82) is 0 Å². The summed E-state index contributed by atoms with van der Waals surface area (Å²) < 4.78 is 0. The zero-order valence-electron chi connectivity index (χ0n) is 18.8. The van der Waals surface area contributed by atoms with Gasteiger partial charge in [-0.1, -0.05) is 18.5 Å². The van der Waals surface area contributed by atoms with Crippen molar-refractivity contribution in [3.8, 4) is 0 Å². The molecule has 0 aromatic heterocycles. The molecule has 0 radical (unpaired) electrons. The van der Waals surface area contributed by atoms with Gasteiger partial charge in [-0.25, -0.2) is 9.69 Å². The lowest BCUT2D eigenvalue weighted by molar-refractivity contribution is -0.122. The zero-order valence-corrected chi connectivity index (χ0v) is 19.6. The van der Waals surface area contributed by atoms with Gasteiger partial charge in [-0.05, 0) is 92.3 Å². The van der Waals surface area contributed by atoms with Crippen molar-refractivity contribution in [3.05, 3.63) is 63.7 Å². The van der Waals surface area contributed by atoms with Crippen LogP contribution in [0, 0.1) is 6.92 Å². The third kappa shape index (κ3) is 3.69. The summed E-state index contributed by atoms with van der Waals surface area (Å²) in [6.45, 7) is 8.61. The number of carbonyl (C=O) groups is 3. The van der Waals surface area contributed by atoms with Gasteiger partial charge in [0.2, 0.25) is 0 Å². The summed E-state index contributed by atoms with van der Waals surface area (Å²) in [5.41, 5.74) is 4.37. The van der Waals surface area contributed by atoms with Crippen LogP contribution < -0.4 is 15.1 Å². The van der Waals surface area contributed by atoms with Gasteiger partial charge in [0.1, 0.15) is 5.57 Å². The van der Waals surface area contributed by atoms with Crippen LogP contribution >= 0.6 is 11.6 Å². The number of nitrogens with zero attached hydrogens (tertiary/aromatic N) is 2. The zero-order chi connectivity index (χ0) is 23.4.